The van der Waals surface area contributed by atoms with Gasteiger partial charge in [0.1, 0.15) is 0 Å². The Labute approximate surface area is 158 Å². The first kappa shape index (κ1) is 22.0. The minimum absolute atomic E-state index is 0. The fourth-order valence-electron chi connectivity index (χ4n) is 3.61. The van der Waals surface area contributed by atoms with E-state index in [1.807, 2.05) is 11.8 Å². The highest BCUT2D eigenvalue weighted by molar-refractivity contribution is 5.85. The molecule has 7 heteroatoms. The third-order valence-corrected chi connectivity index (χ3v) is 5.62. The fraction of sp³-hybridized carbons (Fsp3) is 0.889. The van der Waals surface area contributed by atoms with Crippen LogP contribution in [0.3, 0.4) is 0 Å². The Hall–Kier alpha value is -1.01. The first-order valence-electron chi connectivity index (χ1n) is 9.62. The number of likely N-dealkylation sites (tertiary alicyclic amines) is 1. The molecule has 1 aliphatic heterocycles. The Morgan fingerprint density at radius 1 is 1.04 bits per heavy atom. The maximum atomic E-state index is 12.4. The molecule has 0 bridgehead atoms. The van der Waals surface area contributed by atoms with Gasteiger partial charge in [-0.2, -0.15) is 0 Å². The lowest BCUT2D eigenvalue weighted by atomic mass is 9.95. The fourth-order valence-corrected chi connectivity index (χ4v) is 3.61. The van der Waals surface area contributed by atoms with E-state index in [2.05, 4.69) is 17.6 Å². The summed E-state index contributed by atoms with van der Waals surface area (Å²) in [6.45, 7) is 5.43. The number of halogens is 1. The molecule has 3 amide bonds. The van der Waals surface area contributed by atoms with Gasteiger partial charge in [-0.3, -0.25) is 4.79 Å². The van der Waals surface area contributed by atoms with Crippen molar-refractivity contribution in [2.45, 2.75) is 83.3 Å². The van der Waals surface area contributed by atoms with Crippen LogP contribution in [0.2, 0.25) is 0 Å². The predicted molar refractivity (Wildman–Crippen MR) is 103 cm³/mol. The average molecular weight is 375 g/mol. The summed E-state index contributed by atoms with van der Waals surface area (Å²) in [5.74, 6) is 0.254. The van der Waals surface area contributed by atoms with Gasteiger partial charge in [0.05, 0.1) is 6.04 Å². The highest BCUT2D eigenvalue weighted by atomic mass is 35.5. The summed E-state index contributed by atoms with van der Waals surface area (Å²) in [4.78, 5) is 26.4. The summed E-state index contributed by atoms with van der Waals surface area (Å²) in [6, 6.07) is 0.0171. The molecule has 2 atom stereocenters. The van der Waals surface area contributed by atoms with Gasteiger partial charge in [-0.1, -0.05) is 39.5 Å². The number of amides is 3. The van der Waals surface area contributed by atoms with E-state index in [9.17, 15) is 9.59 Å². The lowest BCUT2D eigenvalue weighted by molar-refractivity contribution is -0.134. The van der Waals surface area contributed by atoms with Crippen molar-refractivity contribution in [3.63, 3.8) is 0 Å². The average Bonchev–Trinajstić information content (AvgIpc) is 2.61. The number of nitrogens with zero attached hydrogens (tertiary/aromatic N) is 1. The van der Waals surface area contributed by atoms with Crippen molar-refractivity contribution in [3.8, 4) is 0 Å². The molecule has 1 saturated carbocycles. The number of urea groups is 1. The van der Waals surface area contributed by atoms with Crippen LogP contribution in [0.4, 0.5) is 4.79 Å². The molecule has 6 nitrogen and oxygen atoms in total. The van der Waals surface area contributed by atoms with Crippen LogP contribution in [-0.4, -0.2) is 48.1 Å². The number of carbonyl (C=O) groups is 2. The van der Waals surface area contributed by atoms with E-state index < -0.39 is 6.04 Å². The van der Waals surface area contributed by atoms with E-state index in [0.717, 1.165) is 32.1 Å². The molecular weight excluding hydrogens is 340 g/mol. The van der Waals surface area contributed by atoms with Crippen molar-refractivity contribution in [2.75, 3.05) is 13.1 Å². The SMILES string of the molecule is CCC(C)C(N)C(=O)N1CCC(NC(=O)NC2CCCCC2)CC1.Cl. The number of carbonyl (C=O) groups excluding carboxylic acids is 2. The van der Waals surface area contributed by atoms with Gasteiger partial charge in [-0.05, 0) is 31.6 Å². The van der Waals surface area contributed by atoms with E-state index in [4.69, 9.17) is 5.73 Å². The predicted octanol–water partition coefficient (Wildman–Crippen LogP) is 2.40. The van der Waals surface area contributed by atoms with Crippen molar-refractivity contribution in [3.05, 3.63) is 0 Å². The zero-order valence-corrected chi connectivity index (χ0v) is 16.4. The number of nitrogens with one attached hydrogen (secondary N) is 2. The maximum absolute atomic E-state index is 12.4. The molecule has 2 fully saturated rings. The molecule has 2 aliphatic rings. The molecule has 25 heavy (non-hydrogen) atoms. The topological polar surface area (TPSA) is 87.5 Å². The summed E-state index contributed by atoms with van der Waals surface area (Å²) in [5.41, 5.74) is 6.05. The van der Waals surface area contributed by atoms with Crippen LogP contribution < -0.4 is 16.4 Å². The summed E-state index contributed by atoms with van der Waals surface area (Å²) >= 11 is 0. The number of piperidine rings is 1. The quantitative estimate of drug-likeness (QED) is 0.690. The lowest BCUT2D eigenvalue weighted by Gasteiger charge is -2.35. The zero-order chi connectivity index (χ0) is 17.5. The van der Waals surface area contributed by atoms with Gasteiger partial charge in [-0.15, -0.1) is 12.4 Å². The van der Waals surface area contributed by atoms with Crippen LogP contribution in [0.25, 0.3) is 0 Å². The zero-order valence-electron chi connectivity index (χ0n) is 15.6. The molecule has 1 heterocycles. The first-order chi connectivity index (χ1) is 11.5. The normalized spacial score (nSPS) is 21.8. The van der Waals surface area contributed by atoms with Crippen molar-refractivity contribution in [2.24, 2.45) is 11.7 Å². The van der Waals surface area contributed by atoms with Gasteiger partial charge in [-0.25, -0.2) is 4.79 Å². The minimum Gasteiger partial charge on any atom is -0.341 e. The second kappa shape index (κ2) is 10.9. The Balaban J connectivity index is 0.00000312. The third-order valence-electron chi connectivity index (χ3n) is 5.62. The standard InChI is InChI=1S/C18H34N4O2.ClH/c1-3-13(2)16(19)17(23)22-11-9-15(10-12-22)21-18(24)20-14-7-5-4-6-8-14;/h13-16H,3-12,19H2,1-2H3,(H2,20,21,24);1H. The monoisotopic (exact) mass is 374 g/mol. The molecule has 4 N–H and O–H groups in total. The largest absolute Gasteiger partial charge is 0.341 e. The molecule has 0 aromatic carbocycles. The van der Waals surface area contributed by atoms with Gasteiger partial charge in [0.15, 0.2) is 0 Å². The third kappa shape index (κ3) is 6.66. The van der Waals surface area contributed by atoms with Crippen molar-refractivity contribution in [1.29, 1.82) is 0 Å². The Bertz CT molecular complexity index is 421. The molecule has 146 valence electrons. The molecular formula is C18H35ClN4O2. The Kier molecular flexibility index (Phi) is 9.57. The van der Waals surface area contributed by atoms with Gasteiger partial charge in [0, 0.05) is 25.2 Å². The van der Waals surface area contributed by atoms with Crippen LogP contribution in [0.1, 0.15) is 65.2 Å². The second-order valence-electron chi connectivity index (χ2n) is 7.46. The van der Waals surface area contributed by atoms with Crippen molar-refractivity contribution in [1.82, 2.24) is 15.5 Å². The second-order valence-corrected chi connectivity index (χ2v) is 7.46. The van der Waals surface area contributed by atoms with Gasteiger partial charge in [0.2, 0.25) is 5.91 Å². The van der Waals surface area contributed by atoms with Crippen LogP contribution >= 0.6 is 12.4 Å². The van der Waals surface area contributed by atoms with Crippen molar-refractivity contribution < 1.29 is 9.59 Å². The van der Waals surface area contributed by atoms with Crippen LogP contribution in [0, 0.1) is 5.92 Å². The molecule has 0 aromatic rings. The summed E-state index contributed by atoms with van der Waals surface area (Å²) < 4.78 is 0. The first-order valence-corrected chi connectivity index (χ1v) is 9.62. The van der Waals surface area contributed by atoms with E-state index >= 15 is 0 Å². The molecule has 0 spiro atoms. The van der Waals surface area contributed by atoms with E-state index in [1.165, 1.54) is 19.3 Å². The van der Waals surface area contributed by atoms with E-state index in [1.54, 1.807) is 0 Å². The molecule has 2 unspecified atom stereocenters. The Morgan fingerprint density at radius 3 is 2.08 bits per heavy atom. The number of rotatable bonds is 5. The highest BCUT2D eigenvalue weighted by Crippen LogP contribution is 2.18. The number of hydrogen-bond acceptors (Lipinski definition) is 3. The lowest BCUT2D eigenvalue weighted by Crippen LogP contribution is -2.54. The molecule has 2 rings (SSSR count). The molecule has 1 saturated heterocycles. The number of hydrogen-bond donors (Lipinski definition) is 3. The summed E-state index contributed by atoms with van der Waals surface area (Å²) in [7, 11) is 0. The molecule has 1 aliphatic carbocycles. The summed E-state index contributed by atoms with van der Waals surface area (Å²) in [6.07, 6.45) is 8.40. The van der Waals surface area contributed by atoms with Crippen LogP contribution in [0.15, 0.2) is 0 Å². The molecule has 0 radical (unpaired) electrons. The smallest absolute Gasteiger partial charge is 0.315 e. The van der Waals surface area contributed by atoms with Gasteiger partial charge < -0.3 is 21.3 Å². The number of nitrogens with two attached hydrogens (primary N) is 1. The minimum atomic E-state index is -0.408. The molecule has 0 aromatic heterocycles. The van der Waals surface area contributed by atoms with Gasteiger partial charge >= 0.3 is 6.03 Å². The van der Waals surface area contributed by atoms with Gasteiger partial charge in [0.25, 0.3) is 0 Å². The maximum Gasteiger partial charge on any atom is 0.315 e. The van der Waals surface area contributed by atoms with Crippen molar-refractivity contribution >= 4 is 24.3 Å². The van der Waals surface area contributed by atoms with E-state index in [-0.39, 0.29) is 36.3 Å². The van der Waals surface area contributed by atoms with Crippen LogP contribution in [0.5, 0.6) is 0 Å². The summed E-state index contributed by atoms with van der Waals surface area (Å²) in [5, 5.41) is 6.16. The van der Waals surface area contributed by atoms with Crippen LogP contribution in [-0.2, 0) is 4.79 Å². The van der Waals surface area contributed by atoms with E-state index in [0.29, 0.717) is 19.1 Å². The highest BCUT2D eigenvalue weighted by Gasteiger charge is 2.29. The Morgan fingerprint density at radius 2 is 1.56 bits per heavy atom.